The van der Waals surface area contributed by atoms with Gasteiger partial charge >= 0.3 is 0 Å². The van der Waals surface area contributed by atoms with Crippen molar-refractivity contribution in [1.29, 1.82) is 0 Å². The maximum Gasteiger partial charge on any atom is 0.167 e. The van der Waals surface area contributed by atoms with Crippen molar-refractivity contribution in [3.05, 3.63) is 162 Å². The number of pyridine rings is 1. The van der Waals surface area contributed by atoms with E-state index in [9.17, 15) is 5.11 Å². The summed E-state index contributed by atoms with van der Waals surface area (Å²) in [6.07, 6.45) is 1.63. The maximum absolute atomic E-state index is 11.1. The van der Waals surface area contributed by atoms with Crippen LogP contribution in [0.3, 0.4) is 0 Å². The molecule has 5 nitrogen and oxygen atoms in total. The van der Waals surface area contributed by atoms with Crippen LogP contribution in [0.4, 0.5) is 0 Å². The van der Waals surface area contributed by atoms with Crippen LogP contribution in [-0.2, 0) is 5.41 Å². The van der Waals surface area contributed by atoms with E-state index in [0.717, 1.165) is 44.5 Å². The maximum atomic E-state index is 11.1. The lowest BCUT2D eigenvalue weighted by molar-refractivity contribution is 0.374. The normalized spacial score (nSPS) is 12.9. The summed E-state index contributed by atoms with van der Waals surface area (Å²) in [7, 11) is 1.55. The topological polar surface area (TPSA) is 68.1 Å². The Morgan fingerprint density at radius 2 is 1.32 bits per heavy atom. The summed E-state index contributed by atoms with van der Waals surface area (Å²) < 4.78 is 5.42. The highest BCUT2D eigenvalue weighted by Crippen LogP contribution is 2.56. The molecule has 5 heteroatoms. The van der Waals surface area contributed by atoms with Crippen molar-refractivity contribution in [1.82, 2.24) is 15.0 Å². The van der Waals surface area contributed by atoms with E-state index in [4.69, 9.17) is 14.7 Å². The molecule has 8 rings (SSSR count). The number of aromatic nitrogens is 3. The molecule has 1 aliphatic carbocycles. The molecule has 5 aromatic carbocycles. The lowest BCUT2D eigenvalue weighted by Gasteiger charge is -2.33. The lowest BCUT2D eigenvalue weighted by Crippen LogP contribution is -2.30. The Morgan fingerprint density at radius 1 is 0.636 bits per heavy atom. The number of phenols is 1. The van der Waals surface area contributed by atoms with Crippen LogP contribution in [0.5, 0.6) is 11.5 Å². The molecule has 0 atom stereocenters. The molecule has 2 heterocycles. The molecular weight excluding hydrogens is 542 g/mol. The number of methoxy groups -OCH3 is 1. The Balaban J connectivity index is 1.43. The quantitative estimate of drug-likeness (QED) is 0.225. The van der Waals surface area contributed by atoms with Gasteiger partial charge in [-0.1, -0.05) is 97.1 Å². The molecular formula is C39H27N3O2. The summed E-state index contributed by atoms with van der Waals surface area (Å²) in [6.45, 7) is 0. The second-order valence-electron chi connectivity index (χ2n) is 10.9. The van der Waals surface area contributed by atoms with Gasteiger partial charge in [-0.25, -0.2) is 9.97 Å². The Kier molecular flexibility index (Phi) is 5.98. The van der Waals surface area contributed by atoms with Crippen molar-refractivity contribution in [3.63, 3.8) is 0 Å². The number of rotatable bonds is 5. The van der Waals surface area contributed by atoms with Gasteiger partial charge in [0, 0.05) is 16.5 Å². The molecule has 0 saturated carbocycles. The zero-order chi connectivity index (χ0) is 29.7. The highest BCUT2D eigenvalue weighted by Gasteiger charge is 2.47. The molecule has 44 heavy (non-hydrogen) atoms. The standard InChI is InChI=1S/C39H27N3O2/c1-44-35-21-9-16-30(38(35)43)34-20-10-22-36(42-34)39(31-17-5-2-13-27(31)28-14-3-6-18-32(28)39)26-12-8-11-25(23-26)37-29-15-4-7-19-33(29)40-24-41-37/h2-24,43H,1H3. The van der Waals surface area contributed by atoms with E-state index in [0.29, 0.717) is 17.0 Å². The van der Waals surface area contributed by atoms with Gasteiger partial charge in [-0.2, -0.15) is 0 Å². The van der Waals surface area contributed by atoms with Crippen LogP contribution in [0.15, 0.2) is 140 Å². The van der Waals surface area contributed by atoms with Crippen molar-refractivity contribution in [2.75, 3.05) is 7.11 Å². The predicted octanol–water partition coefficient (Wildman–Crippen LogP) is 8.44. The number of hydrogen-bond acceptors (Lipinski definition) is 5. The summed E-state index contributed by atoms with van der Waals surface area (Å²) >= 11 is 0. The molecule has 0 radical (unpaired) electrons. The second-order valence-corrected chi connectivity index (χ2v) is 10.9. The Hall–Kier alpha value is -5.81. The minimum atomic E-state index is -0.726. The van der Waals surface area contributed by atoms with E-state index in [2.05, 4.69) is 89.9 Å². The number of benzene rings is 5. The van der Waals surface area contributed by atoms with E-state index in [1.807, 2.05) is 42.5 Å². The predicted molar refractivity (Wildman–Crippen MR) is 174 cm³/mol. The molecule has 1 N–H and O–H groups in total. The lowest BCUT2D eigenvalue weighted by atomic mass is 9.69. The number of aromatic hydroxyl groups is 1. The van der Waals surface area contributed by atoms with Gasteiger partial charge in [0.1, 0.15) is 6.33 Å². The van der Waals surface area contributed by atoms with Crippen LogP contribution in [0.25, 0.3) is 44.5 Å². The smallest absolute Gasteiger partial charge is 0.167 e. The van der Waals surface area contributed by atoms with Gasteiger partial charge in [-0.05, 0) is 64.2 Å². The fraction of sp³-hybridized carbons (Fsp3) is 0.0513. The van der Waals surface area contributed by atoms with Gasteiger partial charge in [0.2, 0.25) is 0 Å². The van der Waals surface area contributed by atoms with Gasteiger partial charge in [0.05, 0.1) is 35.1 Å². The fourth-order valence-electron chi connectivity index (χ4n) is 6.79. The Bertz CT molecular complexity index is 2160. The molecule has 1 aliphatic rings. The van der Waals surface area contributed by atoms with E-state index in [1.54, 1.807) is 19.5 Å². The van der Waals surface area contributed by atoms with Crippen molar-refractivity contribution in [3.8, 4) is 45.1 Å². The highest BCUT2D eigenvalue weighted by molar-refractivity contribution is 5.93. The third-order valence-electron chi connectivity index (χ3n) is 8.69. The monoisotopic (exact) mass is 569 g/mol. The first-order chi connectivity index (χ1) is 21.7. The molecule has 0 unspecified atom stereocenters. The summed E-state index contributed by atoms with van der Waals surface area (Å²) in [5.41, 5.74) is 9.96. The average Bonchev–Trinajstić information content (AvgIpc) is 3.39. The first kappa shape index (κ1) is 25.9. The van der Waals surface area contributed by atoms with E-state index < -0.39 is 5.41 Å². The van der Waals surface area contributed by atoms with Crippen LogP contribution >= 0.6 is 0 Å². The number of ether oxygens (including phenoxy) is 1. The second kappa shape index (κ2) is 10.2. The SMILES string of the molecule is COc1cccc(-c2cccc(C3(c4cccc(-c5ncnc6ccccc56)c4)c4ccccc4-c4ccccc43)n2)c1O. The Labute approximate surface area is 255 Å². The first-order valence-electron chi connectivity index (χ1n) is 14.5. The number of fused-ring (bicyclic) bond motifs is 4. The Morgan fingerprint density at radius 3 is 2.11 bits per heavy atom. The van der Waals surface area contributed by atoms with Gasteiger partial charge in [-0.3, -0.25) is 4.98 Å². The zero-order valence-electron chi connectivity index (χ0n) is 24.0. The molecule has 0 aliphatic heterocycles. The first-order valence-corrected chi connectivity index (χ1v) is 14.5. The number of para-hydroxylation sites is 2. The number of phenolic OH excluding ortho intramolecular Hbond substituents is 1. The molecule has 210 valence electrons. The van der Waals surface area contributed by atoms with Crippen LogP contribution in [0, 0.1) is 0 Å². The third-order valence-corrected chi connectivity index (χ3v) is 8.69. The largest absolute Gasteiger partial charge is 0.504 e. The van der Waals surface area contributed by atoms with Gasteiger partial charge in [-0.15, -0.1) is 0 Å². The van der Waals surface area contributed by atoms with Crippen molar-refractivity contribution < 1.29 is 9.84 Å². The molecule has 0 bridgehead atoms. The number of hydrogen-bond donors (Lipinski definition) is 1. The van der Waals surface area contributed by atoms with E-state index >= 15 is 0 Å². The zero-order valence-corrected chi connectivity index (χ0v) is 24.0. The van der Waals surface area contributed by atoms with Crippen molar-refractivity contribution >= 4 is 10.9 Å². The molecule has 2 aromatic heterocycles. The van der Waals surface area contributed by atoms with Crippen LogP contribution in [-0.4, -0.2) is 27.2 Å². The minimum Gasteiger partial charge on any atom is -0.504 e. The van der Waals surface area contributed by atoms with Crippen molar-refractivity contribution in [2.45, 2.75) is 5.41 Å². The molecule has 0 amide bonds. The third kappa shape index (κ3) is 3.76. The van der Waals surface area contributed by atoms with E-state index in [-0.39, 0.29) is 5.75 Å². The van der Waals surface area contributed by atoms with Crippen LogP contribution in [0.1, 0.15) is 22.4 Å². The summed E-state index contributed by atoms with van der Waals surface area (Å²) in [4.78, 5) is 14.6. The molecule has 0 saturated heterocycles. The van der Waals surface area contributed by atoms with Crippen LogP contribution < -0.4 is 4.74 Å². The van der Waals surface area contributed by atoms with E-state index in [1.165, 1.54) is 11.1 Å². The van der Waals surface area contributed by atoms with Gasteiger partial charge in [0.15, 0.2) is 11.5 Å². The molecule has 0 fully saturated rings. The van der Waals surface area contributed by atoms with Gasteiger partial charge in [0.25, 0.3) is 0 Å². The number of nitrogens with zero attached hydrogens (tertiary/aromatic N) is 3. The van der Waals surface area contributed by atoms with Crippen LogP contribution in [0.2, 0.25) is 0 Å². The summed E-state index contributed by atoms with van der Waals surface area (Å²) in [5, 5.41) is 12.1. The fourth-order valence-corrected chi connectivity index (χ4v) is 6.79. The minimum absolute atomic E-state index is 0.0681. The average molecular weight is 570 g/mol. The molecule has 0 spiro atoms. The van der Waals surface area contributed by atoms with Gasteiger partial charge < -0.3 is 9.84 Å². The van der Waals surface area contributed by atoms with Crippen molar-refractivity contribution in [2.24, 2.45) is 0 Å². The summed E-state index contributed by atoms with van der Waals surface area (Å²) in [5.74, 6) is 0.476. The summed E-state index contributed by atoms with van der Waals surface area (Å²) in [6, 6.07) is 45.4. The molecule has 7 aromatic rings. The highest BCUT2D eigenvalue weighted by atomic mass is 16.5.